The van der Waals surface area contributed by atoms with E-state index in [0.29, 0.717) is 5.75 Å². The van der Waals surface area contributed by atoms with Gasteiger partial charge in [0.1, 0.15) is 11.5 Å². The summed E-state index contributed by atoms with van der Waals surface area (Å²) in [6.07, 6.45) is 4.63. The van der Waals surface area contributed by atoms with Crippen molar-refractivity contribution in [3.8, 4) is 11.5 Å². The van der Waals surface area contributed by atoms with Crippen LogP contribution in [0.3, 0.4) is 0 Å². The molecule has 2 N–H and O–H groups in total. The molecule has 1 aromatic rings. The van der Waals surface area contributed by atoms with Crippen LogP contribution in [0.4, 0.5) is 0 Å². The first-order valence-electron chi connectivity index (χ1n) is 5.14. The molecule has 0 heterocycles. The average Bonchev–Trinajstić information content (AvgIpc) is 2.58. The van der Waals surface area contributed by atoms with Crippen LogP contribution in [0.25, 0.3) is 0 Å². The van der Waals surface area contributed by atoms with Crippen LogP contribution >= 0.6 is 0 Å². The lowest BCUT2D eigenvalue weighted by Crippen LogP contribution is -2.16. The number of aromatic hydroxyl groups is 2. The predicted octanol–water partition coefficient (Wildman–Crippen LogP) is 2.93. The van der Waals surface area contributed by atoms with E-state index in [1.165, 1.54) is 18.9 Å². The Labute approximate surface area is 84.2 Å². The Morgan fingerprint density at radius 3 is 2.43 bits per heavy atom. The van der Waals surface area contributed by atoms with Gasteiger partial charge in [0, 0.05) is 5.56 Å². The van der Waals surface area contributed by atoms with Gasteiger partial charge in [-0.1, -0.05) is 19.8 Å². The van der Waals surface area contributed by atoms with Gasteiger partial charge in [-0.15, -0.1) is 0 Å². The molecule has 76 valence electrons. The van der Waals surface area contributed by atoms with E-state index in [9.17, 15) is 10.2 Å². The third-order valence-corrected chi connectivity index (χ3v) is 3.34. The highest BCUT2D eigenvalue weighted by Crippen LogP contribution is 2.44. The molecular formula is C12H16O2. The summed E-state index contributed by atoms with van der Waals surface area (Å²) < 4.78 is 0. The van der Waals surface area contributed by atoms with E-state index in [4.69, 9.17) is 0 Å². The summed E-state index contributed by atoms with van der Waals surface area (Å²) in [4.78, 5) is 0. The van der Waals surface area contributed by atoms with Crippen molar-refractivity contribution in [3.63, 3.8) is 0 Å². The van der Waals surface area contributed by atoms with Crippen LogP contribution in [0.2, 0.25) is 0 Å². The number of hydrogen-bond donors (Lipinski definition) is 2. The molecule has 1 fully saturated rings. The first-order valence-corrected chi connectivity index (χ1v) is 5.14. The van der Waals surface area contributed by atoms with Gasteiger partial charge in [0.2, 0.25) is 0 Å². The topological polar surface area (TPSA) is 40.5 Å². The fourth-order valence-corrected chi connectivity index (χ4v) is 2.43. The molecule has 0 spiro atoms. The number of hydrogen-bond acceptors (Lipinski definition) is 2. The second-order valence-corrected chi connectivity index (χ2v) is 4.47. The molecule has 0 radical (unpaired) electrons. The lowest BCUT2D eigenvalue weighted by Gasteiger charge is -2.25. The van der Waals surface area contributed by atoms with E-state index >= 15 is 0 Å². The Morgan fingerprint density at radius 2 is 1.79 bits per heavy atom. The Morgan fingerprint density at radius 1 is 1.14 bits per heavy atom. The van der Waals surface area contributed by atoms with Crippen LogP contribution in [0.5, 0.6) is 11.5 Å². The van der Waals surface area contributed by atoms with Crippen LogP contribution in [0.1, 0.15) is 38.2 Å². The second-order valence-electron chi connectivity index (χ2n) is 4.47. The highest BCUT2D eigenvalue weighted by Gasteiger charge is 2.32. The molecule has 0 saturated heterocycles. The summed E-state index contributed by atoms with van der Waals surface area (Å²) in [7, 11) is 0. The molecule has 0 amide bonds. The lowest BCUT2D eigenvalue weighted by atomic mass is 9.80. The zero-order valence-corrected chi connectivity index (χ0v) is 8.45. The average molecular weight is 192 g/mol. The summed E-state index contributed by atoms with van der Waals surface area (Å²) in [6.45, 7) is 2.16. The van der Waals surface area contributed by atoms with Crippen LogP contribution in [0.15, 0.2) is 18.2 Å². The van der Waals surface area contributed by atoms with E-state index in [2.05, 4.69) is 6.92 Å². The minimum Gasteiger partial charge on any atom is -0.508 e. The third kappa shape index (κ3) is 1.45. The molecule has 0 atom stereocenters. The summed E-state index contributed by atoms with van der Waals surface area (Å²) in [5.41, 5.74) is 0.957. The van der Waals surface area contributed by atoms with Gasteiger partial charge in [0.05, 0.1) is 0 Å². The minimum atomic E-state index is 0.0584. The Bertz CT molecular complexity index is 338. The van der Waals surface area contributed by atoms with Gasteiger partial charge in [-0.2, -0.15) is 0 Å². The summed E-state index contributed by atoms with van der Waals surface area (Å²) >= 11 is 0. The number of rotatable bonds is 1. The molecule has 14 heavy (non-hydrogen) atoms. The maximum atomic E-state index is 9.75. The van der Waals surface area contributed by atoms with E-state index < -0.39 is 0 Å². The summed E-state index contributed by atoms with van der Waals surface area (Å²) in [5.74, 6) is 0.554. The minimum absolute atomic E-state index is 0.0584. The highest BCUT2D eigenvalue weighted by molar-refractivity contribution is 5.43. The van der Waals surface area contributed by atoms with Crippen molar-refractivity contribution in [2.75, 3.05) is 0 Å². The van der Waals surface area contributed by atoms with Crippen LogP contribution < -0.4 is 0 Å². The van der Waals surface area contributed by atoms with Crippen molar-refractivity contribution in [1.29, 1.82) is 0 Å². The van der Waals surface area contributed by atoms with Crippen LogP contribution in [0, 0.1) is 0 Å². The molecule has 2 nitrogen and oxygen atoms in total. The first-order chi connectivity index (χ1) is 6.62. The summed E-state index contributed by atoms with van der Waals surface area (Å²) in [6, 6.07) is 4.80. The van der Waals surface area contributed by atoms with Gasteiger partial charge in [0.15, 0.2) is 0 Å². The van der Waals surface area contributed by atoms with Crippen LogP contribution in [-0.2, 0) is 5.41 Å². The molecule has 0 aromatic heterocycles. The first kappa shape index (κ1) is 9.38. The van der Waals surface area contributed by atoms with E-state index in [0.717, 1.165) is 18.4 Å². The van der Waals surface area contributed by atoms with E-state index in [1.807, 2.05) is 0 Å². The maximum absolute atomic E-state index is 9.75. The Hall–Kier alpha value is -1.18. The van der Waals surface area contributed by atoms with Gasteiger partial charge < -0.3 is 10.2 Å². The fourth-order valence-electron chi connectivity index (χ4n) is 2.43. The molecule has 0 aliphatic heterocycles. The molecular weight excluding hydrogens is 176 g/mol. The van der Waals surface area contributed by atoms with Crippen molar-refractivity contribution in [2.24, 2.45) is 0 Å². The van der Waals surface area contributed by atoms with Gasteiger partial charge in [-0.3, -0.25) is 0 Å². The normalized spacial score (nSPS) is 19.8. The SMILES string of the molecule is CC1(c2cc(O)ccc2O)CCCC1. The molecule has 1 aliphatic carbocycles. The molecule has 2 rings (SSSR count). The van der Waals surface area contributed by atoms with Crippen molar-refractivity contribution < 1.29 is 10.2 Å². The van der Waals surface area contributed by atoms with E-state index in [1.54, 1.807) is 12.1 Å². The molecule has 0 unspecified atom stereocenters. The lowest BCUT2D eigenvalue weighted by molar-refractivity contribution is 0.414. The van der Waals surface area contributed by atoms with Gasteiger partial charge in [-0.05, 0) is 36.5 Å². The third-order valence-electron chi connectivity index (χ3n) is 3.34. The molecule has 1 saturated carbocycles. The van der Waals surface area contributed by atoms with E-state index in [-0.39, 0.29) is 11.2 Å². The standard InChI is InChI=1S/C12H16O2/c1-12(6-2-3-7-12)10-8-9(13)4-5-11(10)14/h4-5,8,13-14H,2-3,6-7H2,1H3. The zero-order valence-electron chi connectivity index (χ0n) is 8.45. The van der Waals surface area contributed by atoms with Gasteiger partial charge in [-0.25, -0.2) is 0 Å². The molecule has 0 bridgehead atoms. The maximum Gasteiger partial charge on any atom is 0.119 e. The zero-order chi connectivity index (χ0) is 10.2. The van der Waals surface area contributed by atoms with Gasteiger partial charge in [0.25, 0.3) is 0 Å². The number of benzene rings is 1. The molecule has 1 aliphatic rings. The predicted molar refractivity (Wildman–Crippen MR) is 55.6 cm³/mol. The monoisotopic (exact) mass is 192 g/mol. The van der Waals surface area contributed by atoms with Crippen molar-refractivity contribution >= 4 is 0 Å². The smallest absolute Gasteiger partial charge is 0.119 e. The van der Waals surface area contributed by atoms with Crippen LogP contribution in [-0.4, -0.2) is 10.2 Å². The highest BCUT2D eigenvalue weighted by atomic mass is 16.3. The largest absolute Gasteiger partial charge is 0.508 e. The Kier molecular flexibility index (Phi) is 2.14. The Balaban J connectivity index is 2.44. The summed E-state index contributed by atoms with van der Waals surface area (Å²) in [5, 5.41) is 19.2. The van der Waals surface area contributed by atoms with Crippen molar-refractivity contribution in [3.05, 3.63) is 23.8 Å². The molecule has 1 aromatic carbocycles. The number of phenols is 2. The quantitative estimate of drug-likeness (QED) is 0.671. The second kappa shape index (κ2) is 3.19. The van der Waals surface area contributed by atoms with Crippen molar-refractivity contribution in [1.82, 2.24) is 0 Å². The van der Waals surface area contributed by atoms with Crippen molar-refractivity contribution in [2.45, 2.75) is 38.0 Å². The number of phenolic OH excluding ortho intramolecular Hbond substituents is 2. The molecule has 2 heteroatoms. The van der Waals surface area contributed by atoms with Gasteiger partial charge >= 0.3 is 0 Å². The fraction of sp³-hybridized carbons (Fsp3) is 0.500.